The third-order valence-electron chi connectivity index (χ3n) is 8.14. The maximum atomic E-state index is 14.7. The molecule has 1 spiro atoms. The highest BCUT2D eigenvalue weighted by Crippen LogP contribution is 2.46. The molecule has 1 unspecified atom stereocenters. The monoisotopic (exact) mass is 580 g/mol. The Morgan fingerprint density at radius 2 is 1.60 bits per heavy atom. The van der Waals surface area contributed by atoms with Crippen molar-refractivity contribution in [3.8, 4) is 5.75 Å². The van der Waals surface area contributed by atoms with E-state index in [2.05, 4.69) is 0 Å². The Morgan fingerprint density at radius 3 is 2.24 bits per heavy atom. The number of likely N-dealkylation sites (tertiary alicyclic amines) is 2. The Balaban J connectivity index is 1.30. The van der Waals surface area contributed by atoms with Gasteiger partial charge in [-0.2, -0.15) is 0 Å². The molecule has 3 aromatic rings. The first-order valence-corrected chi connectivity index (χ1v) is 13.8. The summed E-state index contributed by atoms with van der Waals surface area (Å²) in [6.07, 6.45) is 0.894. The van der Waals surface area contributed by atoms with Crippen molar-refractivity contribution in [2.75, 3.05) is 39.9 Å². The van der Waals surface area contributed by atoms with Crippen molar-refractivity contribution in [1.82, 2.24) is 9.80 Å². The molecule has 42 heavy (non-hydrogen) atoms. The minimum atomic E-state index is -1.05. The van der Waals surface area contributed by atoms with Gasteiger partial charge in [-0.1, -0.05) is 24.3 Å². The number of esters is 1. The van der Waals surface area contributed by atoms with Crippen molar-refractivity contribution in [2.24, 2.45) is 11.3 Å². The van der Waals surface area contributed by atoms with Crippen LogP contribution >= 0.6 is 0 Å². The quantitative estimate of drug-likeness (QED) is 0.373. The highest BCUT2D eigenvalue weighted by molar-refractivity contribution is 5.96. The highest BCUT2D eigenvalue weighted by atomic mass is 19.1. The van der Waals surface area contributed by atoms with E-state index in [0.29, 0.717) is 18.4 Å². The van der Waals surface area contributed by atoms with Crippen LogP contribution in [-0.2, 0) is 16.0 Å². The molecule has 2 heterocycles. The number of hydrogen-bond acceptors (Lipinski definition) is 5. The molecule has 0 radical (unpaired) electrons. The molecule has 0 aliphatic carbocycles. The number of nitrogens with zero attached hydrogens (tertiary/aromatic N) is 2. The summed E-state index contributed by atoms with van der Waals surface area (Å²) < 4.78 is 52.8. The number of amides is 2. The zero-order valence-corrected chi connectivity index (χ0v) is 23.4. The van der Waals surface area contributed by atoms with Crippen molar-refractivity contribution >= 4 is 17.8 Å². The summed E-state index contributed by atoms with van der Waals surface area (Å²) >= 11 is 0. The van der Waals surface area contributed by atoms with Crippen LogP contribution in [0.4, 0.5) is 13.2 Å². The topological polar surface area (TPSA) is 76.2 Å². The van der Waals surface area contributed by atoms with Gasteiger partial charge >= 0.3 is 5.97 Å². The minimum absolute atomic E-state index is 0.0521. The molecule has 2 aliphatic rings. The molecule has 2 aliphatic heterocycles. The number of rotatable bonds is 7. The second-order valence-electron chi connectivity index (χ2n) is 10.8. The number of benzene rings is 3. The number of halogens is 3. The summed E-state index contributed by atoms with van der Waals surface area (Å²) in [6.45, 7) is 2.45. The van der Waals surface area contributed by atoms with E-state index >= 15 is 0 Å². The average molecular weight is 581 g/mol. The third kappa shape index (κ3) is 5.70. The van der Waals surface area contributed by atoms with Crippen LogP contribution in [0.15, 0.2) is 60.7 Å². The Hall–Kier alpha value is -4.34. The molecule has 0 bridgehead atoms. The molecule has 2 saturated heterocycles. The van der Waals surface area contributed by atoms with Crippen LogP contribution in [0.1, 0.15) is 45.2 Å². The fraction of sp³-hybridized carbons (Fsp3) is 0.344. The molecule has 0 saturated carbocycles. The normalized spacial score (nSPS) is 17.5. The lowest BCUT2D eigenvalue weighted by Crippen LogP contribution is -2.67. The first-order valence-electron chi connectivity index (χ1n) is 13.8. The Kier molecular flexibility index (Phi) is 8.24. The van der Waals surface area contributed by atoms with Crippen LogP contribution in [0, 0.1) is 28.8 Å². The molecular weight excluding hydrogens is 549 g/mol. The predicted octanol–water partition coefficient (Wildman–Crippen LogP) is 4.87. The minimum Gasteiger partial charge on any atom is -0.497 e. The van der Waals surface area contributed by atoms with Gasteiger partial charge in [0.2, 0.25) is 0 Å². The number of carbonyl (C=O) groups excluding carboxylic acids is 3. The lowest BCUT2D eigenvalue weighted by Gasteiger charge is -2.57. The number of piperidine rings is 1. The average Bonchev–Trinajstić information content (AvgIpc) is 2.96. The molecule has 2 amide bonds. The third-order valence-corrected chi connectivity index (χ3v) is 8.14. The van der Waals surface area contributed by atoms with Gasteiger partial charge < -0.3 is 19.3 Å². The second-order valence-corrected chi connectivity index (χ2v) is 10.8. The smallest absolute Gasteiger partial charge is 0.311 e. The summed E-state index contributed by atoms with van der Waals surface area (Å²) in [7, 11) is 1.26. The van der Waals surface area contributed by atoms with Crippen LogP contribution in [-0.4, -0.2) is 67.5 Å². The van der Waals surface area contributed by atoms with Crippen molar-refractivity contribution in [1.29, 1.82) is 0 Å². The van der Waals surface area contributed by atoms with Crippen molar-refractivity contribution < 1.29 is 37.0 Å². The van der Waals surface area contributed by atoms with Gasteiger partial charge in [-0.25, -0.2) is 13.2 Å². The van der Waals surface area contributed by atoms with Crippen LogP contribution < -0.4 is 4.74 Å². The van der Waals surface area contributed by atoms with E-state index in [1.807, 2.05) is 6.07 Å². The lowest BCUT2D eigenvalue weighted by atomic mass is 9.64. The van der Waals surface area contributed by atoms with Gasteiger partial charge in [0.15, 0.2) is 0 Å². The van der Waals surface area contributed by atoms with Gasteiger partial charge in [0.1, 0.15) is 28.8 Å². The summed E-state index contributed by atoms with van der Waals surface area (Å²) in [6, 6.07) is 15.3. The van der Waals surface area contributed by atoms with E-state index in [-0.39, 0.29) is 50.3 Å². The van der Waals surface area contributed by atoms with E-state index in [4.69, 9.17) is 9.47 Å². The molecule has 220 valence electrons. The number of methoxy groups -OCH3 is 1. The van der Waals surface area contributed by atoms with Gasteiger partial charge in [-0.15, -0.1) is 0 Å². The summed E-state index contributed by atoms with van der Waals surface area (Å²) in [5, 5.41) is 0. The molecule has 3 aromatic carbocycles. The van der Waals surface area contributed by atoms with E-state index < -0.39 is 40.4 Å². The Morgan fingerprint density at radius 1 is 0.905 bits per heavy atom. The first-order chi connectivity index (χ1) is 20.1. The maximum Gasteiger partial charge on any atom is 0.311 e. The number of hydrogen-bond donors (Lipinski definition) is 0. The van der Waals surface area contributed by atoms with Gasteiger partial charge in [-0.3, -0.25) is 14.4 Å². The van der Waals surface area contributed by atoms with Gasteiger partial charge in [0.25, 0.3) is 11.8 Å². The lowest BCUT2D eigenvalue weighted by molar-refractivity contribution is -0.164. The van der Waals surface area contributed by atoms with Gasteiger partial charge in [0.05, 0.1) is 19.6 Å². The van der Waals surface area contributed by atoms with Gasteiger partial charge in [0, 0.05) is 49.3 Å². The fourth-order valence-electron chi connectivity index (χ4n) is 5.89. The molecule has 2 fully saturated rings. The molecule has 7 nitrogen and oxygen atoms in total. The van der Waals surface area contributed by atoms with Crippen LogP contribution in [0.2, 0.25) is 0 Å². The molecule has 10 heteroatoms. The Labute approximate surface area is 241 Å². The molecule has 0 N–H and O–H groups in total. The molecular formula is C32H31F3N2O5. The Bertz CT molecular complexity index is 1480. The maximum absolute atomic E-state index is 14.7. The van der Waals surface area contributed by atoms with E-state index in [1.54, 1.807) is 42.2 Å². The summed E-state index contributed by atoms with van der Waals surface area (Å²) in [4.78, 5) is 42.6. The standard InChI is InChI=1S/C32H31F3N2O5/c1-3-42-31(40)25-17-36(30(39)28-26(34)15-24(41-2)16-27(28)35)12-11-32(25)18-37(19-32)29(38)22-6-4-5-21(14-22)13-20-7-9-23(33)10-8-20/h4-10,14-16,25H,3,11-13,17-19H2,1-2H3. The molecule has 0 aromatic heterocycles. The van der Waals surface area contributed by atoms with Crippen molar-refractivity contribution in [3.05, 3.63) is 100 Å². The molecule has 1 atom stereocenters. The van der Waals surface area contributed by atoms with E-state index in [9.17, 15) is 27.6 Å². The fourth-order valence-corrected chi connectivity index (χ4v) is 5.89. The van der Waals surface area contributed by atoms with Gasteiger partial charge in [-0.05, 0) is 55.2 Å². The van der Waals surface area contributed by atoms with E-state index in [1.165, 1.54) is 24.1 Å². The summed E-state index contributed by atoms with van der Waals surface area (Å²) in [5.74, 6) is -4.80. The predicted molar refractivity (Wildman–Crippen MR) is 148 cm³/mol. The van der Waals surface area contributed by atoms with Crippen molar-refractivity contribution in [2.45, 2.75) is 19.8 Å². The first kappa shape index (κ1) is 29.2. The zero-order chi connectivity index (χ0) is 30.0. The van der Waals surface area contributed by atoms with Crippen LogP contribution in [0.5, 0.6) is 5.75 Å². The number of carbonyl (C=O) groups is 3. The SMILES string of the molecule is CCOC(=O)C1CN(C(=O)c2c(F)cc(OC)cc2F)CCC12CN(C(=O)c1cccc(Cc3ccc(F)cc3)c1)C2. The number of ether oxygens (including phenoxy) is 2. The highest BCUT2D eigenvalue weighted by Gasteiger charge is 2.56. The second kappa shape index (κ2) is 11.9. The van der Waals surface area contributed by atoms with Crippen LogP contribution in [0.3, 0.4) is 0 Å². The summed E-state index contributed by atoms with van der Waals surface area (Å²) in [5.41, 5.74) is 0.978. The molecule has 5 rings (SSSR count). The largest absolute Gasteiger partial charge is 0.497 e. The zero-order valence-electron chi connectivity index (χ0n) is 23.4. The van der Waals surface area contributed by atoms with Crippen LogP contribution in [0.25, 0.3) is 0 Å². The van der Waals surface area contributed by atoms with Crippen molar-refractivity contribution in [3.63, 3.8) is 0 Å². The van der Waals surface area contributed by atoms with E-state index in [0.717, 1.165) is 23.3 Å².